The summed E-state index contributed by atoms with van der Waals surface area (Å²) in [6.07, 6.45) is -11.0. The highest BCUT2D eigenvalue weighted by atomic mass is 16.8. The summed E-state index contributed by atoms with van der Waals surface area (Å²) in [5, 5.41) is 85.9. The molecule has 4 aliphatic carbocycles. The first-order valence-electron chi connectivity index (χ1n) is 23.5. The second-order valence-electron chi connectivity index (χ2n) is 21.5. The van der Waals surface area contributed by atoms with Gasteiger partial charge in [0.2, 0.25) is 0 Å². The lowest BCUT2D eigenvalue weighted by atomic mass is 9.44. The average molecular weight is 871 g/mol. The SMILES string of the molecule is C[C@@H]1CC[C@@]2(OC1)O[C@@H]1C[C@@H]3[C@@H]4CC[C@H]5C[C@H](O[C@@H]6O[C@H](CO)[C@@H](O[C@@H]7O[C@H](C)[C@@H](O)[C@H](O)[C@@H]7O)[C@H](O)[C@H]6O[C@@H]6O[C@@H](C)[C@H](O)[C@@H](O)[C@H]6O)CC[C@]5(C)[C@@H]4CC[C@]3(C)[C@H]1[C@@H]2C. The van der Waals surface area contributed by atoms with Crippen LogP contribution < -0.4 is 0 Å². The molecule has 0 bridgehead atoms. The van der Waals surface area contributed by atoms with E-state index in [1.807, 2.05) is 0 Å². The van der Waals surface area contributed by atoms with E-state index in [0.717, 1.165) is 58.0 Å². The fourth-order valence-corrected chi connectivity index (χ4v) is 14.6. The molecule has 16 nitrogen and oxygen atoms in total. The third kappa shape index (κ3) is 7.50. The first kappa shape index (κ1) is 45.5. The van der Waals surface area contributed by atoms with E-state index in [1.54, 1.807) is 0 Å². The van der Waals surface area contributed by atoms with Crippen LogP contribution in [0.3, 0.4) is 0 Å². The molecule has 0 unspecified atom stereocenters. The van der Waals surface area contributed by atoms with Gasteiger partial charge in [0.1, 0.15) is 61.0 Å². The minimum Gasteiger partial charge on any atom is -0.394 e. The molecule has 0 aromatic rings. The van der Waals surface area contributed by atoms with Gasteiger partial charge in [-0.25, -0.2) is 0 Å². The Labute approximate surface area is 359 Å². The lowest BCUT2D eigenvalue weighted by Gasteiger charge is -2.61. The maximum atomic E-state index is 12.0. The smallest absolute Gasteiger partial charge is 0.187 e. The molecule has 0 amide bonds. The molecule has 9 fully saturated rings. The molecule has 1 spiro atoms. The van der Waals surface area contributed by atoms with Gasteiger partial charge in [0.05, 0.1) is 37.6 Å². The zero-order valence-corrected chi connectivity index (χ0v) is 36.7. The molecule has 27 atom stereocenters. The van der Waals surface area contributed by atoms with E-state index in [-0.39, 0.29) is 23.0 Å². The molecule has 0 radical (unpaired) electrons. The maximum absolute atomic E-state index is 12.0. The lowest BCUT2D eigenvalue weighted by Crippen LogP contribution is -2.66. The number of aliphatic hydroxyl groups excluding tert-OH is 8. The third-order valence-electron chi connectivity index (χ3n) is 18.2. The predicted octanol–water partition coefficient (Wildman–Crippen LogP) is 1.32. The Morgan fingerprint density at radius 2 is 1.23 bits per heavy atom. The van der Waals surface area contributed by atoms with Crippen LogP contribution >= 0.6 is 0 Å². The Bertz CT molecular complexity index is 1530. The zero-order valence-electron chi connectivity index (χ0n) is 36.7. The van der Waals surface area contributed by atoms with E-state index >= 15 is 0 Å². The summed E-state index contributed by atoms with van der Waals surface area (Å²) in [7, 11) is 0. The molecule has 5 saturated heterocycles. The van der Waals surface area contributed by atoms with Crippen LogP contribution in [0, 0.1) is 52.3 Å². The van der Waals surface area contributed by atoms with Crippen LogP contribution in [-0.2, 0) is 37.9 Å². The van der Waals surface area contributed by atoms with Crippen LogP contribution in [-0.4, -0.2) is 164 Å². The summed E-state index contributed by atoms with van der Waals surface area (Å²) in [5.74, 6) is 3.27. The Hall–Kier alpha value is -0.640. The van der Waals surface area contributed by atoms with Crippen molar-refractivity contribution in [3.05, 3.63) is 0 Å². The van der Waals surface area contributed by atoms with Crippen LogP contribution in [0.1, 0.15) is 106 Å². The summed E-state index contributed by atoms with van der Waals surface area (Å²) >= 11 is 0. The quantitative estimate of drug-likeness (QED) is 0.169. The van der Waals surface area contributed by atoms with Gasteiger partial charge < -0.3 is 78.7 Å². The Morgan fingerprint density at radius 1 is 0.590 bits per heavy atom. The van der Waals surface area contributed by atoms with Gasteiger partial charge in [-0.05, 0) is 118 Å². The highest BCUT2D eigenvalue weighted by molar-refractivity contribution is 5.15. The van der Waals surface area contributed by atoms with E-state index in [0.29, 0.717) is 41.4 Å². The molecule has 0 aromatic carbocycles. The minimum absolute atomic E-state index is 0.122. The molecule has 61 heavy (non-hydrogen) atoms. The number of hydrogen-bond acceptors (Lipinski definition) is 16. The van der Waals surface area contributed by atoms with Crippen LogP contribution in [0.2, 0.25) is 0 Å². The van der Waals surface area contributed by atoms with Crippen molar-refractivity contribution in [1.82, 2.24) is 0 Å². The van der Waals surface area contributed by atoms with Gasteiger partial charge in [0.25, 0.3) is 0 Å². The van der Waals surface area contributed by atoms with Gasteiger partial charge >= 0.3 is 0 Å². The van der Waals surface area contributed by atoms with E-state index in [1.165, 1.54) is 26.7 Å². The van der Waals surface area contributed by atoms with Crippen molar-refractivity contribution in [2.75, 3.05) is 13.2 Å². The third-order valence-corrected chi connectivity index (χ3v) is 18.2. The first-order valence-corrected chi connectivity index (χ1v) is 23.5. The molecule has 4 saturated carbocycles. The monoisotopic (exact) mass is 870 g/mol. The Balaban J connectivity index is 0.897. The fraction of sp³-hybridized carbons (Fsp3) is 1.00. The number of aliphatic hydroxyl groups is 8. The second kappa shape index (κ2) is 16.9. The number of ether oxygens (including phenoxy) is 8. The fourth-order valence-electron chi connectivity index (χ4n) is 14.6. The van der Waals surface area contributed by atoms with Gasteiger partial charge in [-0.1, -0.05) is 27.7 Å². The van der Waals surface area contributed by atoms with Crippen LogP contribution in [0.5, 0.6) is 0 Å². The van der Waals surface area contributed by atoms with Gasteiger partial charge in [-0.3, -0.25) is 0 Å². The van der Waals surface area contributed by atoms with Crippen molar-refractivity contribution in [1.29, 1.82) is 0 Å². The molecular weight excluding hydrogens is 796 g/mol. The summed E-state index contributed by atoms with van der Waals surface area (Å²) in [6, 6.07) is 0. The highest BCUT2D eigenvalue weighted by Crippen LogP contribution is 2.71. The molecule has 9 rings (SSSR count). The van der Waals surface area contributed by atoms with Gasteiger partial charge in [-0.2, -0.15) is 0 Å². The minimum atomic E-state index is -1.70. The zero-order chi connectivity index (χ0) is 43.5. The van der Waals surface area contributed by atoms with Crippen LogP contribution in [0.25, 0.3) is 0 Å². The number of hydrogen-bond donors (Lipinski definition) is 8. The van der Waals surface area contributed by atoms with Crippen molar-refractivity contribution in [3.63, 3.8) is 0 Å². The molecular formula is C45H74O16. The molecule has 16 heteroatoms. The summed E-state index contributed by atoms with van der Waals surface area (Å²) < 4.78 is 50.3. The van der Waals surface area contributed by atoms with E-state index in [4.69, 9.17) is 37.9 Å². The van der Waals surface area contributed by atoms with Crippen LogP contribution in [0.4, 0.5) is 0 Å². The van der Waals surface area contributed by atoms with Crippen molar-refractivity contribution in [2.24, 2.45) is 52.3 Å². The normalized spacial score (nSPS) is 59.7. The van der Waals surface area contributed by atoms with E-state index in [2.05, 4.69) is 27.7 Å². The summed E-state index contributed by atoms with van der Waals surface area (Å²) in [4.78, 5) is 0. The summed E-state index contributed by atoms with van der Waals surface area (Å²) in [5.41, 5.74) is 0.350. The van der Waals surface area contributed by atoms with Crippen molar-refractivity contribution in [2.45, 2.75) is 216 Å². The van der Waals surface area contributed by atoms with Crippen LogP contribution in [0.15, 0.2) is 0 Å². The molecule has 5 aliphatic heterocycles. The van der Waals surface area contributed by atoms with Gasteiger partial charge in [0.15, 0.2) is 24.7 Å². The molecule has 5 heterocycles. The Kier molecular flexibility index (Phi) is 12.6. The number of rotatable bonds is 7. The van der Waals surface area contributed by atoms with Gasteiger partial charge in [0, 0.05) is 12.3 Å². The highest BCUT2D eigenvalue weighted by Gasteiger charge is 2.69. The molecule has 0 aromatic heterocycles. The average Bonchev–Trinajstić information content (AvgIpc) is 3.69. The first-order chi connectivity index (χ1) is 28.9. The van der Waals surface area contributed by atoms with Crippen molar-refractivity contribution < 1.29 is 78.7 Å². The topological polar surface area (TPSA) is 236 Å². The standard InChI is InChI=1S/C45H74O16/c1-19-9-14-45(54-18-19)20(2)30-28(61-45)16-27-25-8-7-23-15-24(10-12-43(23,5)26(25)11-13-44(27,30)6)57-42-39(60-41-36(52)34(50)32(48)22(4)56-41)37(53)38(29(17-46)58-42)59-40-35(51)33(49)31(47)21(3)55-40/h19-42,46-53H,7-18H2,1-6H3/t19-,20+,21-,22+,23+,24-,25-,26-,27-,28-,29-,30+,31-,32+,33+,34-,35+,36-,37+,38-,39-,40+,41+,42-,43+,44+,45-/m1/s1. The second-order valence-corrected chi connectivity index (χ2v) is 21.5. The molecule has 9 aliphatic rings. The predicted molar refractivity (Wildman–Crippen MR) is 213 cm³/mol. The van der Waals surface area contributed by atoms with Crippen molar-refractivity contribution >= 4 is 0 Å². The number of fused-ring (bicyclic) bond motifs is 7. The van der Waals surface area contributed by atoms with E-state index < -0.39 is 105 Å². The molecule has 8 N–H and O–H groups in total. The summed E-state index contributed by atoms with van der Waals surface area (Å²) in [6.45, 7) is 12.9. The largest absolute Gasteiger partial charge is 0.394 e. The van der Waals surface area contributed by atoms with E-state index in [9.17, 15) is 40.9 Å². The van der Waals surface area contributed by atoms with Gasteiger partial charge in [-0.15, -0.1) is 0 Å². The molecule has 350 valence electrons. The Morgan fingerprint density at radius 3 is 1.85 bits per heavy atom. The van der Waals surface area contributed by atoms with Crippen molar-refractivity contribution in [3.8, 4) is 0 Å². The maximum Gasteiger partial charge on any atom is 0.187 e. The lowest BCUT2D eigenvalue weighted by molar-refractivity contribution is -0.389.